The summed E-state index contributed by atoms with van der Waals surface area (Å²) in [6.07, 6.45) is 2.08. The molecule has 0 radical (unpaired) electrons. The van der Waals surface area contributed by atoms with E-state index in [1.165, 1.54) is 11.0 Å². The fraction of sp³-hybridized carbons (Fsp3) is 0.583. The molecule has 6 nitrogen and oxygen atoms in total. The number of benzene rings is 1. The van der Waals surface area contributed by atoms with E-state index in [0.717, 1.165) is 24.0 Å². The average Bonchev–Trinajstić information content (AvgIpc) is 3.48. The van der Waals surface area contributed by atoms with E-state index in [1.807, 2.05) is 39.0 Å². The normalized spacial score (nSPS) is 26.4. The molecule has 1 N–H and O–H groups in total. The van der Waals surface area contributed by atoms with Crippen molar-refractivity contribution in [2.24, 2.45) is 11.3 Å². The van der Waals surface area contributed by atoms with Gasteiger partial charge in [0.15, 0.2) is 0 Å². The molecule has 164 valence electrons. The molecule has 4 atom stereocenters. The molecule has 0 bridgehead atoms. The largest absolute Gasteiger partial charge is 0.464 e. The first-order valence-electron chi connectivity index (χ1n) is 10.7. The van der Waals surface area contributed by atoms with Gasteiger partial charge < -0.3 is 14.6 Å². The van der Waals surface area contributed by atoms with Crippen LogP contribution in [0.15, 0.2) is 36.9 Å². The highest BCUT2D eigenvalue weighted by molar-refractivity contribution is 5.83. The molecule has 6 heteroatoms. The van der Waals surface area contributed by atoms with Crippen LogP contribution in [0.4, 0.5) is 4.79 Å². The van der Waals surface area contributed by atoms with E-state index < -0.39 is 41.6 Å². The van der Waals surface area contributed by atoms with Crippen LogP contribution in [0.25, 0.3) is 0 Å². The number of rotatable bonds is 6. The number of esters is 1. The van der Waals surface area contributed by atoms with Crippen molar-refractivity contribution >= 4 is 12.1 Å². The number of hydrogen-bond acceptors (Lipinski definition) is 5. The van der Waals surface area contributed by atoms with Gasteiger partial charge in [-0.25, -0.2) is 9.59 Å². The summed E-state index contributed by atoms with van der Waals surface area (Å²) in [4.78, 5) is 27.6. The molecular formula is C24H33NO5. The van der Waals surface area contributed by atoms with E-state index in [0.29, 0.717) is 5.92 Å². The van der Waals surface area contributed by atoms with Gasteiger partial charge in [-0.1, -0.05) is 57.7 Å². The standard InChI is InChI=1S/C24H33NO5/c1-6-14-30-23(28)25-19(17-11-9-8-10-16(17)15-12-13-15)21(26)18(24(3,4)5)20(25)22(27)29-7-2/h6,8-11,15,18-21,26H,1,7,12-14H2,2-5H3/t18-,19+,20+,21+/m1/s1. The third-order valence-electron chi connectivity index (χ3n) is 6.03. The van der Waals surface area contributed by atoms with Crippen molar-refractivity contribution in [1.29, 1.82) is 0 Å². The van der Waals surface area contributed by atoms with Gasteiger partial charge in [0.25, 0.3) is 0 Å². The van der Waals surface area contributed by atoms with E-state index >= 15 is 0 Å². The molecule has 1 amide bonds. The van der Waals surface area contributed by atoms with Gasteiger partial charge in [-0.2, -0.15) is 0 Å². The highest BCUT2D eigenvalue weighted by atomic mass is 16.6. The number of aliphatic hydroxyl groups excluding tert-OH is 1. The number of likely N-dealkylation sites (tertiary alicyclic amines) is 1. The van der Waals surface area contributed by atoms with Crippen LogP contribution in [0, 0.1) is 11.3 Å². The van der Waals surface area contributed by atoms with Gasteiger partial charge in [0.2, 0.25) is 0 Å². The molecule has 1 saturated carbocycles. The average molecular weight is 416 g/mol. The topological polar surface area (TPSA) is 76.1 Å². The summed E-state index contributed by atoms with van der Waals surface area (Å²) in [7, 11) is 0. The Morgan fingerprint density at radius 2 is 1.83 bits per heavy atom. The highest BCUT2D eigenvalue weighted by Crippen LogP contribution is 2.51. The maximum absolute atomic E-state index is 13.2. The van der Waals surface area contributed by atoms with Crippen LogP contribution in [0.5, 0.6) is 0 Å². The summed E-state index contributed by atoms with van der Waals surface area (Å²) >= 11 is 0. The second-order valence-electron chi connectivity index (χ2n) is 9.20. The van der Waals surface area contributed by atoms with E-state index in [4.69, 9.17) is 9.47 Å². The number of aliphatic hydroxyl groups is 1. The van der Waals surface area contributed by atoms with Crippen molar-refractivity contribution in [3.05, 3.63) is 48.0 Å². The van der Waals surface area contributed by atoms with Crippen molar-refractivity contribution in [3.8, 4) is 0 Å². The van der Waals surface area contributed by atoms with Crippen molar-refractivity contribution < 1.29 is 24.2 Å². The second-order valence-corrected chi connectivity index (χ2v) is 9.20. The summed E-state index contributed by atoms with van der Waals surface area (Å²) in [5, 5.41) is 11.5. The minimum absolute atomic E-state index is 0.0259. The molecule has 2 fully saturated rings. The summed E-state index contributed by atoms with van der Waals surface area (Å²) in [6, 6.07) is 6.26. The molecule has 0 unspecified atom stereocenters. The molecule has 1 aliphatic carbocycles. The molecule has 1 saturated heterocycles. The minimum atomic E-state index is -0.936. The predicted molar refractivity (Wildman–Crippen MR) is 114 cm³/mol. The fourth-order valence-electron chi connectivity index (χ4n) is 4.68. The lowest BCUT2D eigenvalue weighted by Gasteiger charge is -2.34. The Hall–Kier alpha value is -2.34. The SMILES string of the molecule is C=CCOC(=O)N1[C@H](C(=O)OCC)[C@@H](C(C)(C)C)[C@H](O)[C@@H]1c1ccccc1C1CC1. The second kappa shape index (κ2) is 8.80. The maximum atomic E-state index is 13.2. The van der Waals surface area contributed by atoms with Crippen LogP contribution in [0.1, 0.15) is 63.6 Å². The zero-order valence-electron chi connectivity index (χ0n) is 18.3. The first-order chi connectivity index (χ1) is 14.2. The Morgan fingerprint density at radius 3 is 2.37 bits per heavy atom. The molecule has 2 aliphatic rings. The molecule has 1 aliphatic heterocycles. The third-order valence-corrected chi connectivity index (χ3v) is 6.03. The Kier molecular flexibility index (Phi) is 6.56. The molecule has 0 aromatic heterocycles. The molecule has 30 heavy (non-hydrogen) atoms. The Morgan fingerprint density at radius 1 is 1.20 bits per heavy atom. The molecule has 0 spiro atoms. The van der Waals surface area contributed by atoms with Gasteiger partial charge in [-0.05, 0) is 42.2 Å². The Balaban J connectivity index is 2.13. The van der Waals surface area contributed by atoms with Gasteiger partial charge in [0.1, 0.15) is 12.6 Å². The third kappa shape index (κ3) is 4.24. The molecule has 1 aromatic rings. The van der Waals surface area contributed by atoms with E-state index in [9.17, 15) is 14.7 Å². The monoisotopic (exact) mass is 415 g/mol. The Labute approximate surface area is 178 Å². The van der Waals surface area contributed by atoms with Crippen molar-refractivity contribution in [3.63, 3.8) is 0 Å². The summed E-state index contributed by atoms with van der Waals surface area (Å²) in [5.74, 6) is -0.599. The van der Waals surface area contributed by atoms with E-state index in [2.05, 4.69) is 12.6 Å². The zero-order chi connectivity index (χ0) is 22.1. The van der Waals surface area contributed by atoms with Crippen LogP contribution in [0.3, 0.4) is 0 Å². The van der Waals surface area contributed by atoms with Crippen molar-refractivity contribution in [2.45, 2.75) is 64.6 Å². The van der Waals surface area contributed by atoms with Crippen LogP contribution >= 0.6 is 0 Å². The molecule has 1 heterocycles. The molecular weight excluding hydrogens is 382 g/mol. The maximum Gasteiger partial charge on any atom is 0.411 e. The molecule has 1 aromatic carbocycles. The van der Waals surface area contributed by atoms with Crippen molar-refractivity contribution in [2.75, 3.05) is 13.2 Å². The van der Waals surface area contributed by atoms with E-state index in [1.54, 1.807) is 6.92 Å². The quantitative estimate of drug-likeness (QED) is 0.557. The lowest BCUT2D eigenvalue weighted by molar-refractivity contribution is -0.151. The van der Waals surface area contributed by atoms with Gasteiger partial charge in [-0.3, -0.25) is 4.90 Å². The van der Waals surface area contributed by atoms with Gasteiger partial charge in [0.05, 0.1) is 18.8 Å². The lowest BCUT2D eigenvalue weighted by atomic mass is 9.73. The summed E-state index contributed by atoms with van der Waals surface area (Å²) in [5.41, 5.74) is 1.56. The summed E-state index contributed by atoms with van der Waals surface area (Å²) in [6.45, 7) is 11.5. The highest BCUT2D eigenvalue weighted by Gasteiger charge is 2.59. The van der Waals surface area contributed by atoms with Crippen LogP contribution in [-0.2, 0) is 14.3 Å². The zero-order valence-corrected chi connectivity index (χ0v) is 18.3. The fourth-order valence-corrected chi connectivity index (χ4v) is 4.68. The number of hydrogen-bond donors (Lipinski definition) is 1. The Bertz CT molecular complexity index is 795. The first-order valence-corrected chi connectivity index (χ1v) is 10.7. The number of ether oxygens (including phenoxy) is 2. The van der Waals surface area contributed by atoms with Gasteiger partial charge in [0, 0.05) is 5.92 Å². The number of nitrogens with zero attached hydrogens (tertiary/aromatic N) is 1. The van der Waals surface area contributed by atoms with Crippen LogP contribution in [-0.4, -0.2) is 47.4 Å². The molecule has 3 rings (SSSR count). The van der Waals surface area contributed by atoms with Gasteiger partial charge >= 0.3 is 12.1 Å². The first kappa shape index (κ1) is 22.3. The van der Waals surface area contributed by atoms with Crippen LogP contribution in [0.2, 0.25) is 0 Å². The minimum Gasteiger partial charge on any atom is -0.464 e. The van der Waals surface area contributed by atoms with E-state index in [-0.39, 0.29) is 13.2 Å². The van der Waals surface area contributed by atoms with Crippen molar-refractivity contribution in [1.82, 2.24) is 4.90 Å². The van der Waals surface area contributed by atoms with Crippen LogP contribution < -0.4 is 0 Å². The number of carbonyl (C=O) groups excluding carboxylic acids is 2. The number of amides is 1. The number of carbonyl (C=O) groups is 2. The predicted octanol–water partition coefficient (Wildman–Crippen LogP) is 4.20. The van der Waals surface area contributed by atoms with Gasteiger partial charge in [-0.15, -0.1) is 0 Å². The smallest absolute Gasteiger partial charge is 0.411 e. The lowest BCUT2D eigenvalue weighted by Crippen LogP contribution is -2.48. The summed E-state index contributed by atoms with van der Waals surface area (Å²) < 4.78 is 10.7.